The number of carbonyl (C=O) groups excluding carboxylic acids is 4. The van der Waals surface area contributed by atoms with Crippen LogP contribution in [-0.2, 0) is 39.3 Å². The average molecular weight is 2130 g/mol. The molecule has 0 spiro atoms. The second-order valence-electron chi connectivity index (χ2n) is 37.6. The van der Waals surface area contributed by atoms with Crippen LogP contribution < -0.4 is 63.8 Å². The summed E-state index contributed by atoms with van der Waals surface area (Å²) in [7, 11) is -13.4. The number of amides is 4. The van der Waals surface area contributed by atoms with Gasteiger partial charge in [0.05, 0.1) is 111 Å². The number of piperazine rings is 1. The van der Waals surface area contributed by atoms with Crippen LogP contribution in [0.4, 0.5) is 39.8 Å². The maximum atomic E-state index is 13.1. The predicted molar refractivity (Wildman–Crippen MR) is 624 cm³/mol. The van der Waals surface area contributed by atoms with Gasteiger partial charge in [0.15, 0.2) is 61.9 Å². The number of aromatic amines is 4. The Morgan fingerprint density at radius 3 is 0.927 bits per heavy atom. The Labute approximate surface area is 893 Å². The van der Waals surface area contributed by atoms with Crippen LogP contribution in [0.25, 0.3) is 89.7 Å². The van der Waals surface area contributed by atoms with Gasteiger partial charge in [0.2, 0.25) is 0 Å². The molecule has 16 aromatic rings. The summed E-state index contributed by atoms with van der Waals surface area (Å²) in [6, 6.07) is 57.3. The van der Waals surface area contributed by atoms with E-state index in [0.717, 1.165) is 136 Å². The van der Waals surface area contributed by atoms with E-state index >= 15 is 0 Å². The smallest absolute Gasteiger partial charge is 0.255 e. The van der Waals surface area contributed by atoms with Gasteiger partial charge in [-0.15, -0.1) is 0 Å². The van der Waals surface area contributed by atoms with E-state index in [4.69, 9.17) is 22.2 Å². The molecular weight excluding hydrogens is 1980 g/mol. The first-order valence-corrected chi connectivity index (χ1v) is 54.5. The number of fused-ring (bicyclic) bond motifs is 4. The number of nitrogens with zero attached hydrogens (tertiary/aromatic N) is 11. The molecule has 0 bridgehead atoms. The number of aromatic nitrogens is 12. The largest absolute Gasteiger partial charge is 0.371 e. The Bertz CT molecular complexity index is 8000. The normalized spacial score (nSPS) is 15.5. The molecule has 4 aliphatic heterocycles. The van der Waals surface area contributed by atoms with Gasteiger partial charge in [-0.2, -0.15) is 0 Å². The maximum Gasteiger partial charge on any atom is 0.255 e. The number of carbonyl (C=O) groups is 4. The quantitative estimate of drug-likeness (QED) is 0.0267. The number of hydrogen-bond acceptors (Lipinski definition) is 28. The fourth-order valence-electron chi connectivity index (χ4n) is 17.3. The molecule has 36 nitrogen and oxygen atoms in total. The zero-order valence-corrected chi connectivity index (χ0v) is 85.1. The molecule has 40 heteroatoms. The van der Waals surface area contributed by atoms with Crippen LogP contribution in [0.2, 0.25) is 0 Å². The molecule has 20 rings (SSSR count). The summed E-state index contributed by atoms with van der Waals surface area (Å²) in [4.78, 5) is 108. The van der Waals surface area contributed by atoms with Crippen molar-refractivity contribution in [3.8, 4) is 45.0 Å². The van der Waals surface area contributed by atoms with Crippen molar-refractivity contribution in [1.82, 2.24) is 70.4 Å². The molecular formula is C110H156N24O12S4. The molecule has 150 heavy (non-hydrogen) atoms. The molecule has 0 saturated carbocycles. The number of H-pyrrole nitrogens is 4. The number of anilines is 7. The average Bonchev–Trinajstić information content (AvgIpc) is 1.68. The second kappa shape index (κ2) is 48.2. The number of nitrogens with one attached hydrogen (secondary N) is 10. The van der Waals surface area contributed by atoms with E-state index in [0.29, 0.717) is 112 Å². The van der Waals surface area contributed by atoms with Gasteiger partial charge in [-0.25, -0.2) is 73.5 Å². The van der Waals surface area contributed by atoms with Crippen molar-refractivity contribution in [1.29, 1.82) is 0 Å². The van der Waals surface area contributed by atoms with E-state index < -0.39 is 60.3 Å². The van der Waals surface area contributed by atoms with Crippen LogP contribution in [-0.4, -0.2) is 215 Å². The topological polar surface area (TPSA) is 531 Å². The SMILES string of the molecule is C.C.C.C.CC(C)S(=O)(=O)c1ccc(-c2cnc3[nH]cc(NC(=O)c4ccc(N5CCC(N)CC5)cc4)c3n2)cc1.CC(C)S(=O)(=O)c1ccc(-c2cnc3[nH]cc(NC(=O)c4ccc(N5CCC[C@@H](N)C5)cc4)c3n2)cc1.CC(C)S(=O)(=O)c1ccc(-c2cnc3[nH]cc(NC(=O)c4ccc(N5CC[C@H](N)C5)cc4)c3n2)cc1.CC(C)S(=O)(=O)c1ccc(-c2cnc3[nH]cc(NC(=O)c4cccc(C5CNCCN5)c4)c3n2)cc1.[HH].[HH].[HH].[HH].[HH].[HH].[HH].[HH].[HH].[HH].[HH].[HH]. The summed E-state index contributed by atoms with van der Waals surface area (Å²) in [5, 5.41) is 16.5. The van der Waals surface area contributed by atoms with Gasteiger partial charge in [0.1, 0.15) is 22.1 Å². The van der Waals surface area contributed by atoms with Gasteiger partial charge >= 0.3 is 0 Å². The molecule has 4 fully saturated rings. The Morgan fingerprint density at radius 2 is 0.633 bits per heavy atom. The molecule has 8 aromatic carbocycles. The van der Waals surface area contributed by atoms with Gasteiger partial charge < -0.3 is 83.7 Å². The first-order valence-electron chi connectivity index (χ1n) is 48.3. The minimum atomic E-state index is -3.36. The number of benzene rings is 8. The van der Waals surface area contributed by atoms with E-state index in [1.807, 2.05) is 78.9 Å². The molecule has 4 saturated heterocycles. The zero-order chi connectivity index (χ0) is 103. The van der Waals surface area contributed by atoms with Crippen LogP contribution in [0.5, 0.6) is 0 Å². The first kappa shape index (κ1) is 112. The fraction of sp³-hybridized carbons (Fsp3) is 0.309. The van der Waals surface area contributed by atoms with E-state index in [-0.39, 0.29) is 114 Å². The highest BCUT2D eigenvalue weighted by atomic mass is 32.2. The summed E-state index contributed by atoms with van der Waals surface area (Å²) in [5.74, 6) is -0.991. The third-order valence-corrected chi connectivity index (χ3v) is 34.9. The van der Waals surface area contributed by atoms with Crippen molar-refractivity contribution < 1.29 is 70.0 Å². The minimum Gasteiger partial charge on any atom is -0.371 e. The molecule has 4 amide bonds. The van der Waals surface area contributed by atoms with Crippen molar-refractivity contribution in [3.05, 3.63) is 272 Å². The van der Waals surface area contributed by atoms with E-state index in [1.54, 1.807) is 220 Å². The minimum absolute atomic E-state index is 0. The Morgan fingerprint density at radius 1 is 0.347 bits per heavy atom. The van der Waals surface area contributed by atoms with Crippen LogP contribution in [0, 0.1) is 0 Å². The Balaban J connectivity index is 0.00000105. The summed E-state index contributed by atoms with van der Waals surface area (Å²) in [6.45, 7) is 21.2. The number of nitrogens with two attached hydrogens (primary N) is 3. The van der Waals surface area contributed by atoms with Crippen molar-refractivity contribution in [2.45, 2.75) is 182 Å². The lowest BCUT2D eigenvalue weighted by atomic mass is 10.0. The van der Waals surface area contributed by atoms with Crippen LogP contribution >= 0.6 is 0 Å². The van der Waals surface area contributed by atoms with Crippen LogP contribution in [0.15, 0.2) is 263 Å². The molecule has 812 valence electrons. The highest BCUT2D eigenvalue weighted by Crippen LogP contribution is 2.35. The number of hydrogen-bond donors (Lipinski definition) is 13. The standard InChI is InChI=1S/2C27H30N6O3S.2C26H28N6O3S.4CH4.12H2/c1-17(2)37(35,36)22-9-5-18(6-10-22)23-15-29-26-25(31-23)24(16-30-26)32-27(34)19-3-7-21(8-4-19)33-13-11-20(28)12-14-33;1-17(2)37(35,36)22-11-7-18(8-12-22)23-14-29-26-25(31-23)24(15-30-26)32-27(34)19-5-9-21(10-6-19)33-13-3-4-20(28)16-33;1-16(2)36(34,35)21-9-5-17(6-10-21)22-13-28-25-24(30-22)23(14-29-25)31-26(33)18-3-7-20(8-4-18)32-12-11-19(27)15-32;1-16(2)36(34,35)20-8-6-17(7-9-20)22-14-29-25-24(31-22)23(15-30-25)32-26(33)19-5-3-4-18(12-19)21-13-27-10-11-28-21;;;;;;;;;;;;;;;;/h3-10,15-17,20H,11-14,28H2,1-2H3,(H,29,30)(H,32,34);5-12,14-15,17,20H,3-4,13,16,28H2,1-2H3,(H,29,30)(H,32,34);3-10,13-14,16,19H,11-12,15,27H2,1-2H3,(H,28,29)(H,31,33);3-9,12,14-16,21,27-28H,10-11,13H2,1-2H3,(H,29,30)(H,32,33);4*1H4;12*1H/t;20-;19-;;;;;;;;;;;;;;;;;/m.10................./s1. The number of sulfone groups is 4. The lowest BCUT2D eigenvalue weighted by molar-refractivity contribution is 0.101. The Hall–Kier alpha value is -14.9. The summed E-state index contributed by atoms with van der Waals surface area (Å²) in [6.07, 6.45) is 18.1. The maximum absolute atomic E-state index is 13.1. The molecule has 4 aliphatic rings. The first-order chi connectivity index (χ1) is 70.0. The monoisotopic (exact) mass is 2130 g/mol. The molecule has 0 radical (unpaired) electrons. The zero-order valence-electron chi connectivity index (χ0n) is 81.8. The summed E-state index contributed by atoms with van der Waals surface area (Å²) < 4.78 is 99.3. The fourth-order valence-corrected chi connectivity index (χ4v) is 21.6. The number of piperidine rings is 2. The lowest BCUT2D eigenvalue weighted by Crippen LogP contribution is -2.42. The highest BCUT2D eigenvalue weighted by molar-refractivity contribution is 7.93. The molecule has 12 heterocycles. The van der Waals surface area contributed by atoms with Crippen molar-refractivity contribution in [2.75, 3.05) is 94.9 Å². The van der Waals surface area contributed by atoms with Crippen molar-refractivity contribution in [2.24, 2.45) is 17.2 Å². The van der Waals surface area contributed by atoms with Gasteiger partial charge in [0.25, 0.3) is 23.6 Å². The second-order valence-corrected chi connectivity index (χ2v) is 47.6. The third kappa shape index (κ3) is 25.5. The lowest BCUT2D eigenvalue weighted by Gasteiger charge is -2.32. The molecule has 1 unspecified atom stereocenters. The summed E-state index contributed by atoms with van der Waals surface area (Å²) >= 11 is 0. The van der Waals surface area contributed by atoms with Gasteiger partial charge in [0, 0.05) is 187 Å². The van der Waals surface area contributed by atoms with Gasteiger partial charge in [-0.05, 0) is 227 Å². The Kier molecular flexibility index (Phi) is 36.1. The molecule has 0 aliphatic carbocycles. The third-order valence-electron chi connectivity index (χ3n) is 26.2. The van der Waals surface area contributed by atoms with Crippen molar-refractivity contribution in [3.63, 3.8) is 0 Å². The molecule has 3 atom stereocenters. The van der Waals surface area contributed by atoms with E-state index in [9.17, 15) is 52.8 Å². The highest BCUT2D eigenvalue weighted by Gasteiger charge is 2.29. The number of rotatable bonds is 24. The van der Waals surface area contributed by atoms with Gasteiger partial charge in [-0.1, -0.05) is 90.4 Å². The molecule has 8 aromatic heterocycles. The van der Waals surface area contributed by atoms with Crippen LogP contribution in [0.1, 0.15) is 187 Å². The van der Waals surface area contributed by atoms with Crippen LogP contribution in [0.3, 0.4) is 0 Å². The van der Waals surface area contributed by atoms with Crippen molar-refractivity contribution >= 4 is 147 Å². The van der Waals surface area contributed by atoms with E-state index in [2.05, 4.69) is 101 Å². The summed E-state index contributed by atoms with van der Waals surface area (Å²) in [5.41, 5.74) is 36.0. The van der Waals surface area contributed by atoms with Gasteiger partial charge in [-0.3, -0.25) is 19.2 Å². The predicted octanol–water partition coefficient (Wildman–Crippen LogP) is 20.4. The molecule has 16 N–H and O–H groups in total. The van der Waals surface area contributed by atoms with E-state index in [1.165, 1.54) is 0 Å².